The van der Waals surface area contributed by atoms with Crippen molar-refractivity contribution in [2.24, 2.45) is 11.7 Å². The van der Waals surface area contributed by atoms with Crippen molar-refractivity contribution in [3.8, 4) is 0 Å². The van der Waals surface area contributed by atoms with Gasteiger partial charge in [-0.25, -0.2) is 13.1 Å². The lowest BCUT2D eigenvalue weighted by Crippen LogP contribution is -2.24. The van der Waals surface area contributed by atoms with Gasteiger partial charge in [-0.3, -0.25) is 4.79 Å². The van der Waals surface area contributed by atoms with Crippen molar-refractivity contribution in [3.63, 3.8) is 0 Å². The molecule has 1 aromatic rings. The SMILES string of the molecule is CCNS(=O)(=O)c1ccc(NC(=O)C2C=CC(N)C2)cc1. The van der Waals surface area contributed by atoms with E-state index >= 15 is 0 Å². The molecule has 4 N–H and O–H groups in total. The molecule has 2 rings (SSSR count). The number of anilines is 1. The third-order valence-electron chi connectivity index (χ3n) is 3.22. The Kier molecular flexibility index (Phi) is 4.76. The molecular formula is C14H19N3O3S. The fourth-order valence-electron chi connectivity index (χ4n) is 2.15. The Bertz CT molecular complexity index is 638. The van der Waals surface area contributed by atoms with Crippen LogP contribution in [0.3, 0.4) is 0 Å². The molecule has 0 fully saturated rings. The van der Waals surface area contributed by atoms with E-state index in [1.807, 2.05) is 6.08 Å². The summed E-state index contributed by atoms with van der Waals surface area (Å²) in [6.45, 7) is 2.04. The van der Waals surface area contributed by atoms with Gasteiger partial charge >= 0.3 is 0 Å². The molecule has 1 amide bonds. The van der Waals surface area contributed by atoms with Crippen LogP contribution in [0.5, 0.6) is 0 Å². The number of hydrogen-bond donors (Lipinski definition) is 3. The van der Waals surface area contributed by atoms with Gasteiger partial charge in [-0.05, 0) is 30.7 Å². The third-order valence-corrected chi connectivity index (χ3v) is 4.78. The zero-order chi connectivity index (χ0) is 15.5. The summed E-state index contributed by atoms with van der Waals surface area (Å²) >= 11 is 0. The van der Waals surface area contributed by atoms with Crippen LogP contribution in [-0.2, 0) is 14.8 Å². The number of benzene rings is 1. The number of amides is 1. The summed E-state index contributed by atoms with van der Waals surface area (Å²) in [5, 5.41) is 2.75. The van der Waals surface area contributed by atoms with Crippen LogP contribution in [0.25, 0.3) is 0 Å². The molecule has 114 valence electrons. The van der Waals surface area contributed by atoms with E-state index < -0.39 is 10.0 Å². The van der Waals surface area contributed by atoms with E-state index in [1.54, 1.807) is 25.1 Å². The first-order chi connectivity index (χ1) is 9.92. The van der Waals surface area contributed by atoms with Gasteiger partial charge in [-0.1, -0.05) is 19.1 Å². The second-order valence-electron chi connectivity index (χ2n) is 4.91. The summed E-state index contributed by atoms with van der Waals surface area (Å²) < 4.78 is 26.0. The van der Waals surface area contributed by atoms with E-state index in [2.05, 4.69) is 10.0 Å². The maximum absolute atomic E-state index is 12.0. The number of hydrogen-bond acceptors (Lipinski definition) is 4. The molecule has 1 aromatic carbocycles. The topological polar surface area (TPSA) is 101 Å². The Balaban J connectivity index is 2.03. The van der Waals surface area contributed by atoms with Crippen molar-refractivity contribution < 1.29 is 13.2 Å². The Labute approximate surface area is 124 Å². The summed E-state index contributed by atoms with van der Waals surface area (Å²) in [6.07, 6.45) is 4.21. The summed E-state index contributed by atoms with van der Waals surface area (Å²) in [7, 11) is -3.47. The van der Waals surface area contributed by atoms with Crippen LogP contribution in [0.1, 0.15) is 13.3 Å². The lowest BCUT2D eigenvalue weighted by Gasteiger charge is -2.11. The van der Waals surface area contributed by atoms with Crippen molar-refractivity contribution >= 4 is 21.6 Å². The first-order valence-electron chi connectivity index (χ1n) is 6.77. The molecule has 0 saturated heterocycles. The van der Waals surface area contributed by atoms with Crippen LogP contribution in [0.4, 0.5) is 5.69 Å². The van der Waals surface area contributed by atoms with Crippen LogP contribution in [0.2, 0.25) is 0 Å². The highest BCUT2D eigenvalue weighted by molar-refractivity contribution is 7.89. The smallest absolute Gasteiger partial charge is 0.240 e. The fourth-order valence-corrected chi connectivity index (χ4v) is 3.19. The van der Waals surface area contributed by atoms with Crippen molar-refractivity contribution in [1.29, 1.82) is 0 Å². The van der Waals surface area contributed by atoms with Crippen LogP contribution >= 0.6 is 0 Å². The molecule has 1 aliphatic carbocycles. The number of nitrogens with two attached hydrogens (primary N) is 1. The average Bonchev–Trinajstić information content (AvgIpc) is 2.86. The first kappa shape index (κ1) is 15.7. The molecule has 0 saturated carbocycles. The predicted octanol–water partition coefficient (Wildman–Crippen LogP) is 0.827. The van der Waals surface area contributed by atoms with Gasteiger partial charge in [0.25, 0.3) is 0 Å². The maximum Gasteiger partial charge on any atom is 0.240 e. The number of nitrogens with one attached hydrogen (secondary N) is 2. The van der Waals surface area contributed by atoms with Crippen LogP contribution < -0.4 is 15.8 Å². The monoisotopic (exact) mass is 309 g/mol. The third kappa shape index (κ3) is 3.90. The van der Waals surface area contributed by atoms with E-state index in [-0.39, 0.29) is 22.8 Å². The van der Waals surface area contributed by atoms with E-state index in [0.29, 0.717) is 18.7 Å². The van der Waals surface area contributed by atoms with Crippen molar-refractivity contribution in [3.05, 3.63) is 36.4 Å². The fraction of sp³-hybridized carbons (Fsp3) is 0.357. The van der Waals surface area contributed by atoms with E-state index in [9.17, 15) is 13.2 Å². The standard InChI is InChI=1S/C14H19N3O3S/c1-2-16-21(19,20)13-7-5-12(6-8-13)17-14(18)10-3-4-11(15)9-10/h3-8,10-11,16H,2,9,15H2,1H3,(H,17,18). The highest BCUT2D eigenvalue weighted by Gasteiger charge is 2.22. The second-order valence-corrected chi connectivity index (χ2v) is 6.67. The van der Waals surface area contributed by atoms with Gasteiger partial charge in [0.1, 0.15) is 0 Å². The minimum Gasteiger partial charge on any atom is -0.326 e. The van der Waals surface area contributed by atoms with Gasteiger partial charge in [0, 0.05) is 18.3 Å². The quantitative estimate of drug-likeness (QED) is 0.701. The minimum absolute atomic E-state index is 0.0756. The van der Waals surface area contributed by atoms with Crippen molar-refractivity contribution in [1.82, 2.24) is 4.72 Å². The molecule has 0 aliphatic heterocycles. The molecule has 0 spiro atoms. The largest absolute Gasteiger partial charge is 0.326 e. The van der Waals surface area contributed by atoms with Crippen LogP contribution in [-0.4, -0.2) is 26.9 Å². The molecule has 1 aliphatic rings. The van der Waals surface area contributed by atoms with Gasteiger partial charge in [0.05, 0.1) is 10.8 Å². The Hall–Kier alpha value is -1.70. The molecule has 2 unspecified atom stereocenters. The Morgan fingerprint density at radius 1 is 1.29 bits per heavy atom. The molecule has 0 aromatic heterocycles. The van der Waals surface area contributed by atoms with Gasteiger partial charge < -0.3 is 11.1 Å². The van der Waals surface area contributed by atoms with Crippen molar-refractivity contribution in [2.45, 2.75) is 24.3 Å². The highest BCUT2D eigenvalue weighted by atomic mass is 32.2. The molecule has 0 heterocycles. The van der Waals surface area contributed by atoms with Gasteiger partial charge in [-0.15, -0.1) is 0 Å². The van der Waals surface area contributed by atoms with Gasteiger partial charge in [0.2, 0.25) is 15.9 Å². The first-order valence-corrected chi connectivity index (χ1v) is 8.25. The Morgan fingerprint density at radius 3 is 2.48 bits per heavy atom. The zero-order valence-corrected chi connectivity index (χ0v) is 12.6. The van der Waals surface area contributed by atoms with Crippen LogP contribution in [0.15, 0.2) is 41.3 Å². The van der Waals surface area contributed by atoms with E-state index in [0.717, 1.165) is 0 Å². The molecule has 6 nitrogen and oxygen atoms in total. The van der Waals surface area contributed by atoms with Gasteiger partial charge in [-0.2, -0.15) is 0 Å². The summed E-state index contributed by atoms with van der Waals surface area (Å²) in [5.41, 5.74) is 6.27. The van der Waals surface area contributed by atoms with E-state index in [1.165, 1.54) is 12.1 Å². The molecule has 0 radical (unpaired) electrons. The maximum atomic E-state index is 12.0. The van der Waals surface area contributed by atoms with Crippen molar-refractivity contribution in [2.75, 3.05) is 11.9 Å². The number of rotatable bonds is 5. The number of sulfonamides is 1. The van der Waals surface area contributed by atoms with E-state index in [4.69, 9.17) is 5.73 Å². The average molecular weight is 309 g/mol. The molecule has 2 atom stereocenters. The number of carbonyl (C=O) groups excluding carboxylic acids is 1. The van der Waals surface area contributed by atoms with Gasteiger partial charge in [0.15, 0.2) is 0 Å². The lowest BCUT2D eigenvalue weighted by atomic mass is 10.1. The zero-order valence-electron chi connectivity index (χ0n) is 11.7. The molecular weight excluding hydrogens is 290 g/mol. The molecule has 0 bridgehead atoms. The normalized spacial score (nSPS) is 21.4. The minimum atomic E-state index is -3.47. The molecule has 7 heteroatoms. The highest BCUT2D eigenvalue weighted by Crippen LogP contribution is 2.20. The summed E-state index contributed by atoms with van der Waals surface area (Å²) in [6, 6.07) is 5.99. The Morgan fingerprint density at radius 2 is 1.95 bits per heavy atom. The summed E-state index contributed by atoms with van der Waals surface area (Å²) in [4.78, 5) is 12.2. The predicted molar refractivity (Wildman–Crippen MR) is 81.2 cm³/mol. The van der Waals surface area contributed by atoms with Crippen LogP contribution in [0, 0.1) is 5.92 Å². The molecule has 21 heavy (non-hydrogen) atoms. The lowest BCUT2D eigenvalue weighted by molar-refractivity contribution is -0.118. The number of carbonyl (C=O) groups is 1. The second kappa shape index (κ2) is 6.38. The summed E-state index contributed by atoms with van der Waals surface area (Å²) in [5.74, 6) is -0.369.